The van der Waals surface area contributed by atoms with E-state index >= 15 is 0 Å². The maximum atomic E-state index is 12.4. The summed E-state index contributed by atoms with van der Waals surface area (Å²) in [5, 5.41) is 33.2. The first-order valence-electron chi connectivity index (χ1n) is 22.3. The Labute approximate surface area is 307 Å². The molecule has 0 spiro atoms. The van der Waals surface area contributed by atoms with E-state index in [9.17, 15) is 20.1 Å². The third kappa shape index (κ3) is 36.9. The first-order valence-corrected chi connectivity index (χ1v) is 22.3. The van der Waals surface area contributed by atoms with Crippen LogP contribution < -0.4 is 5.32 Å². The van der Waals surface area contributed by atoms with Crippen molar-refractivity contribution in [1.29, 1.82) is 0 Å². The SMILES string of the molecule is CCCCCCCCCCCCCCCCCCCCCCCCCCCC(O)CC(=O)NC(CO)C(O)CCCCCCCCCCC. The summed E-state index contributed by atoms with van der Waals surface area (Å²) in [4.78, 5) is 12.4. The van der Waals surface area contributed by atoms with Gasteiger partial charge in [-0.1, -0.05) is 232 Å². The molecular weight excluding hydrogens is 606 g/mol. The molecule has 294 valence electrons. The molecule has 3 unspecified atom stereocenters. The highest BCUT2D eigenvalue weighted by atomic mass is 16.3. The summed E-state index contributed by atoms with van der Waals surface area (Å²) in [5.74, 6) is -0.280. The second kappa shape index (κ2) is 40.1. The second-order valence-corrected chi connectivity index (χ2v) is 15.7. The number of aliphatic hydroxyl groups excluding tert-OH is 3. The van der Waals surface area contributed by atoms with Gasteiger partial charge in [-0.05, 0) is 12.8 Å². The Morgan fingerprint density at radius 3 is 0.980 bits per heavy atom. The summed E-state index contributed by atoms with van der Waals surface area (Å²) in [6, 6.07) is -0.650. The molecule has 49 heavy (non-hydrogen) atoms. The number of hydrogen-bond donors (Lipinski definition) is 4. The van der Waals surface area contributed by atoms with Gasteiger partial charge in [0.05, 0.1) is 31.3 Å². The van der Waals surface area contributed by atoms with Crippen molar-refractivity contribution >= 4 is 5.91 Å². The smallest absolute Gasteiger partial charge is 0.222 e. The van der Waals surface area contributed by atoms with Crippen molar-refractivity contribution < 1.29 is 20.1 Å². The predicted molar refractivity (Wildman–Crippen MR) is 213 cm³/mol. The topological polar surface area (TPSA) is 89.8 Å². The van der Waals surface area contributed by atoms with Crippen LogP contribution in [-0.4, -0.2) is 46.1 Å². The number of rotatable bonds is 41. The maximum absolute atomic E-state index is 12.4. The Morgan fingerprint density at radius 2 is 0.694 bits per heavy atom. The largest absolute Gasteiger partial charge is 0.394 e. The number of hydrogen-bond acceptors (Lipinski definition) is 4. The molecule has 5 heteroatoms. The van der Waals surface area contributed by atoms with Gasteiger partial charge >= 0.3 is 0 Å². The number of unbranched alkanes of at least 4 members (excludes halogenated alkanes) is 32. The molecule has 0 heterocycles. The Bertz CT molecular complexity index is 644. The number of aliphatic hydroxyl groups is 3. The van der Waals surface area contributed by atoms with Crippen molar-refractivity contribution in [2.75, 3.05) is 6.61 Å². The van der Waals surface area contributed by atoms with E-state index < -0.39 is 18.2 Å². The summed E-state index contributed by atoms with van der Waals surface area (Å²) >= 11 is 0. The molecule has 5 nitrogen and oxygen atoms in total. The molecule has 0 aromatic carbocycles. The first-order chi connectivity index (χ1) is 24.0. The van der Waals surface area contributed by atoms with Crippen molar-refractivity contribution in [1.82, 2.24) is 5.32 Å². The average Bonchev–Trinajstić information content (AvgIpc) is 3.09. The van der Waals surface area contributed by atoms with Crippen LogP contribution in [0.15, 0.2) is 0 Å². The molecule has 3 atom stereocenters. The van der Waals surface area contributed by atoms with Crippen LogP contribution in [0.1, 0.15) is 251 Å². The highest BCUT2D eigenvalue weighted by molar-refractivity contribution is 5.76. The highest BCUT2D eigenvalue weighted by Crippen LogP contribution is 2.17. The lowest BCUT2D eigenvalue weighted by atomic mass is 10.0. The van der Waals surface area contributed by atoms with E-state index in [0.717, 1.165) is 25.7 Å². The maximum Gasteiger partial charge on any atom is 0.222 e. The van der Waals surface area contributed by atoms with Gasteiger partial charge in [-0.2, -0.15) is 0 Å². The zero-order valence-electron chi connectivity index (χ0n) is 33.4. The van der Waals surface area contributed by atoms with Gasteiger partial charge in [-0.15, -0.1) is 0 Å². The molecule has 0 aliphatic carbocycles. The molecule has 0 aliphatic rings. The van der Waals surface area contributed by atoms with Crippen molar-refractivity contribution in [3.8, 4) is 0 Å². The third-order valence-electron chi connectivity index (χ3n) is 10.7. The number of carbonyl (C=O) groups is 1. The predicted octanol–water partition coefficient (Wildman–Crippen LogP) is 12.7. The van der Waals surface area contributed by atoms with Gasteiger partial charge in [-0.25, -0.2) is 0 Å². The fourth-order valence-corrected chi connectivity index (χ4v) is 7.23. The zero-order valence-corrected chi connectivity index (χ0v) is 33.4. The molecule has 0 radical (unpaired) electrons. The summed E-state index contributed by atoms with van der Waals surface area (Å²) in [6.45, 7) is 4.25. The molecule has 0 rings (SSSR count). The van der Waals surface area contributed by atoms with Crippen LogP contribution in [0.3, 0.4) is 0 Å². The van der Waals surface area contributed by atoms with Gasteiger partial charge in [0, 0.05) is 0 Å². The fraction of sp³-hybridized carbons (Fsp3) is 0.977. The van der Waals surface area contributed by atoms with Crippen LogP contribution in [0.4, 0.5) is 0 Å². The van der Waals surface area contributed by atoms with E-state index in [1.165, 1.54) is 193 Å². The minimum absolute atomic E-state index is 0.0423. The quantitative estimate of drug-likeness (QED) is 0.0479. The molecule has 0 aromatic heterocycles. The zero-order chi connectivity index (χ0) is 35.9. The normalized spacial score (nSPS) is 13.5. The number of nitrogens with one attached hydrogen (secondary N) is 1. The lowest BCUT2D eigenvalue weighted by molar-refractivity contribution is -0.125. The molecule has 0 saturated heterocycles. The van der Waals surface area contributed by atoms with Gasteiger partial charge in [-0.3, -0.25) is 4.79 Å². The van der Waals surface area contributed by atoms with Crippen LogP contribution in [0.25, 0.3) is 0 Å². The average molecular weight is 696 g/mol. The van der Waals surface area contributed by atoms with E-state index in [-0.39, 0.29) is 18.9 Å². The van der Waals surface area contributed by atoms with Crippen molar-refractivity contribution in [3.63, 3.8) is 0 Å². The molecule has 0 aliphatic heterocycles. The van der Waals surface area contributed by atoms with Crippen LogP contribution in [-0.2, 0) is 4.79 Å². The summed E-state index contributed by atoms with van der Waals surface area (Å²) in [6.07, 6.45) is 45.2. The molecule has 0 fully saturated rings. The van der Waals surface area contributed by atoms with Crippen LogP contribution in [0.2, 0.25) is 0 Å². The summed E-state index contributed by atoms with van der Waals surface area (Å²) in [5.41, 5.74) is 0. The Hall–Kier alpha value is -0.650. The second-order valence-electron chi connectivity index (χ2n) is 15.7. The van der Waals surface area contributed by atoms with Crippen LogP contribution >= 0.6 is 0 Å². The number of carbonyl (C=O) groups excluding carboxylic acids is 1. The van der Waals surface area contributed by atoms with E-state index in [1.807, 2.05) is 0 Å². The summed E-state index contributed by atoms with van der Waals surface area (Å²) in [7, 11) is 0. The number of amides is 1. The minimum atomic E-state index is -0.741. The Kier molecular flexibility index (Phi) is 39.6. The van der Waals surface area contributed by atoms with Gasteiger partial charge in [0.2, 0.25) is 5.91 Å². The van der Waals surface area contributed by atoms with Crippen molar-refractivity contribution in [2.24, 2.45) is 0 Å². The lowest BCUT2D eigenvalue weighted by Crippen LogP contribution is -2.46. The summed E-state index contributed by atoms with van der Waals surface area (Å²) < 4.78 is 0. The first kappa shape index (κ1) is 48.3. The molecule has 1 amide bonds. The molecular formula is C44H89NO4. The molecule has 0 saturated carbocycles. The fourth-order valence-electron chi connectivity index (χ4n) is 7.23. The van der Waals surface area contributed by atoms with E-state index in [0.29, 0.717) is 12.8 Å². The van der Waals surface area contributed by atoms with Crippen LogP contribution in [0, 0.1) is 0 Å². The highest BCUT2D eigenvalue weighted by Gasteiger charge is 2.21. The van der Waals surface area contributed by atoms with Gasteiger partial charge in [0.15, 0.2) is 0 Å². The van der Waals surface area contributed by atoms with Crippen molar-refractivity contribution in [3.05, 3.63) is 0 Å². The van der Waals surface area contributed by atoms with Gasteiger partial charge < -0.3 is 20.6 Å². The lowest BCUT2D eigenvalue weighted by Gasteiger charge is -2.23. The monoisotopic (exact) mass is 696 g/mol. The van der Waals surface area contributed by atoms with Crippen LogP contribution in [0.5, 0.6) is 0 Å². The van der Waals surface area contributed by atoms with Gasteiger partial charge in [0.25, 0.3) is 0 Å². The van der Waals surface area contributed by atoms with Crippen molar-refractivity contribution in [2.45, 2.75) is 270 Å². The standard InChI is InChI=1S/C44H89NO4/c1-3-5-7-9-11-13-14-15-16-17-18-19-20-21-22-23-24-25-26-27-28-30-31-33-35-37-41(47)39-44(49)45-42(40-46)43(48)38-36-34-32-29-12-10-8-6-4-2/h41-43,46-48H,3-40H2,1-2H3,(H,45,49). The van der Waals surface area contributed by atoms with E-state index in [2.05, 4.69) is 19.2 Å². The molecule has 0 bridgehead atoms. The Morgan fingerprint density at radius 1 is 0.429 bits per heavy atom. The minimum Gasteiger partial charge on any atom is -0.394 e. The van der Waals surface area contributed by atoms with E-state index in [1.54, 1.807) is 0 Å². The molecule has 4 N–H and O–H groups in total. The molecule has 0 aromatic rings. The van der Waals surface area contributed by atoms with E-state index in [4.69, 9.17) is 0 Å². The third-order valence-corrected chi connectivity index (χ3v) is 10.7. The van der Waals surface area contributed by atoms with Gasteiger partial charge in [0.1, 0.15) is 0 Å². The Balaban J connectivity index is 3.47.